The monoisotopic (exact) mass is 280 g/mol. The van der Waals surface area contributed by atoms with Crippen LogP contribution in [0.3, 0.4) is 0 Å². The molecule has 1 amide bonds. The molecule has 0 aliphatic heterocycles. The average Bonchev–Trinajstić information content (AvgIpc) is 3.20. The molecule has 108 valence electrons. The molecule has 1 aliphatic rings. The molecular weight excluding hydrogens is 263 g/mol. The summed E-state index contributed by atoms with van der Waals surface area (Å²) in [7, 11) is 0. The van der Waals surface area contributed by atoms with Crippen molar-refractivity contribution in [2.45, 2.75) is 25.8 Å². The average molecular weight is 280 g/mol. The van der Waals surface area contributed by atoms with Gasteiger partial charge in [-0.3, -0.25) is 4.79 Å². The van der Waals surface area contributed by atoms with Crippen LogP contribution in [0.4, 0.5) is 10.1 Å². The molecule has 0 atom stereocenters. The van der Waals surface area contributed by atoms with Gasteiger partial charge in [-0.05, 0) is 38.0 Å². The van der Waals surface area contributed by atoms with Crippen molar-refractivity contribution in [3.63, 3.8) is 0 Å². The van der Waals surface area contributed by atoms with E-state index >= 15 is 0 Å². The van der Waals surface area contributed by atoms with Gasteiger partial charge in [-0.25, -0.2) is 9.18 Å². The normalized spacial score (nSPS) is 13.9. The number of amides is 1. The third-order valence-corrected chi connectivity index (χ3v) is 3.13. The fourth-order valence-corrected chi connectivity index (χ4v) is 2.05. The van der Waals surface area contributed by atoms with Crippen molar-refractivity contribution >= 4 is 17.6 Å². The molecule has 2 N–H and O–H groups in total. The predicted octanol–water partition coefficient (Wildman–Crippen LogP) is 1.58. The van der Waals surface area contributed by atoms with Crippen LogP contribution in [0.5, 0.6) is 0 Å². The van der Waals surface area contributed by atoms with Crippen LogP contribution in [-0.4, -0.2) is 36.0 Å². The zero-order chi connectivity index (χ0) is 14.7. The largest absolute Gasteiger partial charge is 0.452 e. The van der Waals surface area contributed by atoms with Crippen LogP contribution in [0, 0.1) is 5.82 Å². The Hall–Kier alpha value is -2.11. The number of benzene rings is 1. The molecule has 1 aliphatic carbocycles. The van der Waals surface area contributed by atoms with Gasteiger partial charge in [0.25, 0.3) is 5.91 Å². The third-order valence-electron chi connectivity index (χ3n) is 3.13. The maximum absolute atomic E-state index is 13.1. The Morgan fingerprint density at radius 1 is 1.40 bits per heavy atom. The Labute approximate surface area is 116 Å². The van der Waals surface area contributed by atoms with E-state index in [2.05, 4.69) is 0 Å². The molecule has 0 aromatic heterocycles. The number of anilines is 1. The lowest BCUT2D eigenvalue weighted by atomic mass is 10.2. The fourth-order valence-electron chi connectivity index (χ4n) is 2.05. The molecule has 0 heterocycles. The molecule has 0 bridgehead atoms. The summed E-state index contributed by atoms with van der Waals surface area (Å²) >= 11 is 0. The first-order chi connectivity index (χ1) is 9.51. The van der Waals surface area contributed by atoms with Crippen LogP contribution in [0.15, 0.2) is 18.2 Å². The van der Waals surface area contributed by atoms with Crippen molar-refractivity contribution in [2.24, 2.45) is 0 Å². The number of nitrogen functional groups attached to an aromatic ring is 1. The van der Waals surface area contributed by atoms with Gasteiger partial charge in [0, 0.05) is 18.3 Å². The van der Waals surface area contributed by atoms with E-state index in [1.165, 1.54) is 6.07 Å². The number of halogens is 1. The third kappa shape index (κ3) is 3.46. The number of nitrogens with zero attached hydrogens (tertiary/aromatic N) is 1. The quantitative estimate of drug-likeness (QED) is 0.656. The molecule has 0 radical (unpaired) electrons. The van der Waals surface area contributed by atoms with Crippen molar-refractivity contribution in [2.75, 3.05) is 18.9 Å². The van der Waals surface area contributed by atoms with Crippen LogP contribution in [0.1, 0.15) is 30.1 Å². The van der Waals surface area contributed by atoms with Crippen LogP contribution in [0.25, 0.3) is 0 Å². The highest BCUT2D eigenvalue weighted by atomic mass is 19.1. The zero-order valence-corrected chi connectivity index (χ0v) is 11.3. The summed E-state index contributed by atoms with van der Waals surface area (Å²) in [5.41, 5.74) is 5.59. The van der Waals surface area contributed by atoms with Gasteiger partial charge in [-0.15, -0.1) is 0 Å². The van der Waals surface area contributed by atoms with E-state index < -0.39 is 11.8 Å². The number of carbonyl (C=O) groups is 2. The number of carbonyl (C=O) groups excluding carboxylic acids is 2. The Morgan fingerprint density at radius 2 is 2.10 bits per heavy atom. The second-order valence-electron chi connectivity index (χ2n) is 4.76. The van der Waals surface area contributed by atoms with Crippen LogP contribution >= 0.6 is 0 Å². The number of ether oxygens (including phenoxy) is 1. The maximum atomic E-state index is 13.1. The second kappa shape index (κ2) is 5.90. The maximum Gasteiger partial charge on any atom is 0.338 e. The number of hydrogen-bond donors (Lipinski definition) is 1. The summed E-state index contributed by atoms with van der Waals surface area (Å²) < 4.78 is 18.0. The van der Waals surface area contributed by atoms with E-state index in [4.69, 9.17) is 10.5 Å². The summed E-state index contributed by atoms with van der Waals surface area (Å²) in [6, 6.07) is 3.72. The summed E-state index contributed by atoms with van der Waals surface area (Å²) in [6.45, 7) is 2.14. The molecule has 1 aromatic carbocycles. The first-order valence-electron chi connectivity index (χ1n) is 6.54. The van der Waals surface area contributed by atoms with Gasteiger partial charge in [-0.1, -0.05) is 0 Å². The molecule has 1 aromatic rings. The number of hydrogen-bond acceptors (Lipinski definition) is 4. The van der Waals surface area contributed by atoms with Crippen molar-refractivity contribution in [1.82, 2.24) is 4.90 Å². The number of likely N-dealkylation sites (N-methyl/N-ethyl adjacent to an activating group) is 1. The SMILES string of the molecule is CCN(C(=O)COC(=O)c1cc(N)cc(F)c1)C1CC1. The Kier molecular flexibility index (Phi) is 4.22. The number of rotatable bonds is 5. The molecule has 5 nitrogen and oxygen atoms in total. The summed E-state index contributed by atoms with van der Waals surface area (Å²) in [5.74, 6) is -1.60. The highest BCUT2D eigenvalue weighted by Crippen LogP contribution is 2.26. The topological polar surface area (TPSA) is 72.6 Å². The molecule has 2 rings (SSSR count). The summed E-state index contributed by atoms with van der Waals surface area (Å²) in [5, 5.41) is 0. The van der Waals surface area contributed by atoms with Gasteiger partial charge in [0.1, 0.15) is 5.82 Å². The van der Waals surface area contributed by atoms with Crippen molar-refractivity contribution in [3.8, 4) is 0 Å². The number of nitrogens with two attached hydrogens (primary N) is 1. The molecular formula is C14H17FN2O3. The smallest absolute Gasteiger partial charge is 0.338 e. The summed E-state index contributed by atoms with van der Waals surface area (Å²) in [4.78, 5) is 25.3. The standard InChI is InChI=1S/C14H17FN2O3/c1-2-17(12-3-4-12)13(18)8-20-14(19)9-5-10(15)7-11(16)6-9/h5-7,12H,2-4,8,16H2,1H3. The Balaban J connectivity index is 1.92. The minimum absolute atomic E-state index is 0.00442. The minimum atomic E-state index is -0.753. The molecule has 20 heavy (non-hydrogen) atoms. The van der Waals surface area contributed by atoms with Gasteiger partial charge in [0.15, 0.2) is 6.61 Å². The van der Waals surface area contributed by atoms with E-state index in [1.54, 1.807) is 4.90 Å². The lowest BCUT2D eigenvalue weighted by Gasteiger charge is -2.19. The van der Waals surface area contributed by atoms with Crippen LogP contribution < -0.4 is 5.73 Å². The van der Waals surface area contributed by atoms with Crippen LogP contribution in [0.2, 0.25) is 0 Å². The van der Waals surface area contributed by atoms with Gasteiger partial charge >= 0.3 is 5.97 Å². The molecule has 1 fully saturated rings. The van der Waals surface area contributed by atoms with Crippen LogP contribution in [-0.2, 0) is 9.53 Å². The molecule has 0 spiro atoms. The van der Waals surface area contributed by atoms with Gasteiger partial charge in [0.05, 0.1) is 5.56 Å². The fraction of sp³-hybridized carbons (Fsp3) is 0.429. The van der Waals surface area contributed by atoms with Crippen molar-refractivity contribution in [3.05, 3.63) is 29.6 Å². The highest BCUT2D eigenvalue weighted by molar-refractivity contribution is 5.92. The summed E-state index contributed by atoms with van der Waals surface area (Å²) in [6.07, 6.45) is 1.99. The molecule has 1 saturated carbocycles. The lowest BCUT2D eigenvalue weighted by molar-refractivity contribution is -0.134. The minimum Gasteiger partial charge on any atom is -0.452 e. The molecule has 0 unspecified atom stereocenters. The second-order valence-corrected chi connectivity index (χ2v) is 4.76. The van der Waals surface area contributed by atoms with E-state index in [1.807, 2.05) is 6.92 Å². The molecule has 0 saturated heterocycles. The molecule has 6 heteroatoms. The van der Waals surface area contributed by atoms with Crippen molar-refractivity contribution in [1.29, 1.82) is 0 Å². The lowest BCUT2D eigenvalue weighted by Crippen LogP contribution is -2.36. The first-order valence-corrected chi connectivity index (χ1v) is 6.54. The van der Waals surface area contributed by atoms with Gasteiger partial charge in [0.2, 0.25) is 0 Å². The zero-order valence-electron chi connectivity index (χ0n) is 11.3. The first kappa shape index (κ1) is 14.3. The van der Waals surface area contributed by atoms with E-state index in [0.29, 0.717) is 6.54 Å². The van der Waals surface area contributed by atoms with E-state index in [9.17, 15) is 14.0 Å². The Morgan fingerprint density at radius 3 is 2.65 bits per heavy atom. The predicted molar refractivity (Wildman–Crippen MR) is 71.5 cm³/mol. The van der Waals surface area contributed by atoms with Gasteiger partial charge < -0.3 is 15.4 Å². The highest BCUT2D eigenvalue weighted by Gasteiger charge is 2.31. The van der Waals surface area contributed by atoms with E-state index in [-0.39, 0.29) is 29.8 Å². The van der Waals surface area contributed by atoms with Crippen molar-refractivity contribution < 1.29 is 18.7 Å². The number of esters is 1. The van der Waals surface area contributed by atoms with Gasteiger partial charge in [-0.2, -0.15) is 0 Å². The Bertz CT molecular complexity index is 509. The van der Waals surface area contributed by atoms with E-state index in [0.717, 1.165) is 25.0 Å².